The predicted molar refractivity (Wildman–Crippen MR) is 49.1 cm³/mol. The first kappa shape index (κ1) is 11.6. The Morgan fingerprint density at radius 1 is 1.53 bits per heavy atom. The lowest BCUT2D eigenvalue weighted by Crippen LogP contribution is -2.27. The molecule has 0 aliphatic heterocycles. The van der Waals surface area contributed by atoms with Gasteiger partial charge in [-0.25, -0.2) is 18.7 Å². The van der Waals surface area contributed by atoms with E-state index in [-0.39, 0.29) is 6.54 Å². The van der Waals surface area contributed by atoms with Gasteiger partial charge in [0.1, 0.15) is 18.2 Å². The lowest BCUT2D eigenvalue weighted by atomic mass is 10.3. The summed E-state index contributed by atoms with van der Waals surface area (Å²) in [5.41, 5.74) is 0. The fourth-order valence-electron chi connectivity index (χ4n) is 0.846. The normalized spacial score (nSPS) is 12.6. The summed E-state index contributed by atoms with van der Waals surface area (Å²) in [7, 11) is 1.43. The quantitative estimate of drug-likeness (QED) is 0.755. The molecule has 7 heteroatoms. The summed E-state index contributed by atoms with van der Waals surface area (Å²) in [5, 5.41) is 11.4. The minimum atomic E-state index is -2.78. The van der Waals surface area contributed by atoms with Gasteiger partial charge in [0, 0.05) is 12.6 Å². The van der Waals surface area contributed by atoms with Gasteiger partial charge in [-0.1, -0.05) is 0 Å². The van der Waals surface area contributed by atoms with Gasteiger partial charge in [0.2, 0.25) is 5.88 Å². The summed E-state index contributed by atoms with van der Waals surface area (Å²) in [6.07, 6.45) is -3.26. The number of methoxy groups -OCH3 is 1. The van der Waals surface area contributed by atoms with Crippen molar-refractivity contribution in [3.8, 4) is 5.88 Å². The van der Waals surface area contributed by atoms with Crippen molar-refractivity contribution >= 4 is 5.82 Å². The highest BCUT2D eigenvalue weighted by molar-refractivity contribution is 5.37. The number of rotatable bonds is 5. The second-order valence-corrected chi connectivity index (χ2v) is 2.73. The number of nitrogens with one attached hydrogen (secondary N) is 1. The van der Waals surface area contributed by atoms with Gasteiger partial charge in [-0.2, -0.15) is 0 Å². The van der Waals surface area contributed by atoms with E-state index in [9.17, 15) is 8.78 Å². The van der Waals surface area contributed by atoms with Crippen LogP contribution in [0.4, 0.5) is 14.6 Å². The number of ether oxygens (including phenoxy) is 1. The van der Waals surface area contributed by atoms with Crippen LogP contribution in [-0.2, 0) is 0 Å². The Bertz CT molecular complexity index is 312. The Balaban J connectivity index is 2.50. The Morgan fingerprint density at radius 3 is 2.87 bits per heavy atom. The van der Waals surface area contributed by atoms with Gasteiger partial charge in [-0.05, 0) is 0 Å². The molecular formula is C8H11F2N3O2. The number of alkyl halides is 2. The van der Waals surface area contributed by atoms with E-state index < -0.39 is 12.5 Å². The highest BCUT2D eigenvalue weighted by Crippen LogP contribution is 2.10. The molecular weight excluding hydrogens is 208 g/mol. The van der Waals surface area contributed by atoms with E-state index in [4.69, 9.17) is 9.84 Å². The van der Waals surface area contributed by atoms with E-state index in [1.807, 2.05) is 0 Å². The van der Waals surface area contributed by atoms with E-state index in [0.717, 1.165) is 0 Å². The zero-order valence-corrected chi connectivity index (χ0v) is 8.02. The fourth-order valence-corrected chi connectivity index (χ4v) is 0.846. The van der Waals surface area contributed by atoms with E-state index in [2.05, 4.69) is 15.3 Å². The first-order valence-corrected chi connectivity index (χ1v) is 4.19. The van der Waals surface area contributed by atoms with Crippen LogP contribution < -0.4 is 10.1 Å². The number of halogens is 2. The molecule has 1 aromatic rings. The Kier molecular flexibility index (Phi) is 4.17. The van der Waals surface area contributed by atoms with E-state index in [1.165, 1.54) is 19.5 Å². The van der Waals surface area contributed by atoms with Crippen LogP contribution in [0.1, 0.15) is 0 Å². The minimum absolute atomic E-state index is 0.280. The molecule has 0 amide bonds. The monoisotopic (exact) mass is 219 g/mol. The molecule has 0 radical (unpaired) electrons. The van der Waals surface area contributed by atoms with Gasteiger partial charge in [-0.15, -0.1) is 0 Å². The molecule has 0 aliphatic carbocycles. The van der Waals surface area contributed by atoms with Crippen LogP contribution >= 0.6 is 0 Å². The molecule has 1 aromatic heterocycles. The highest BCUT2D eigenvalue weighted by atomic mass is 19.3. The maximum Gasteiger partial charge on any atom is 0.265 e. The number of aromatic nitrogens is 2. The Labute approximate surface area is 85.1 Å². The zero-order valence-electron chi connectivity index (χ0n) is 8.02. The van der Waals surface area contributed by atoms with Gasteiger partial charge >= 0.3 is 0 Å². The number of aliphatic hydroxyl groups is 1. The number of hydrogen-bond donors (Lipinski definition) is 2. The summed E-state index contributed by atoms with van der Waals surface area (Å²) >= 11 is 0. The lowest BCUT2D eigenvalue weighted by Gasteiger charge is -2.11. The Morgan fingerprint density at radius 2 is 2.27 bits per heavy atom. The summed E-state index contributed by atoms with van der Waals surface area (Å²) in [5.74, 6) is 0.639. The van der Waals surface area contributed by atoms with E-state index in [0.29, 0.717) is 11.7 Å². The fraction of sp³-hybridized carbons (Fsp3) is 0.500. The molecule has 5 nitrogen and oxygen atoms in total. The molecule has 1 unspecified atom stereocenters. The SMILES string of the molecule is COc1cc(NCC(O)C(F)F)ncn1. The maximum atomic E-state index is 11.9. The second-order valence-electron chi connectivity index (χ2n) is 2.73. The van der Waals surface area contributed by atoms with Crippen LogP contribution in [0.5, 0.6) is 5.88 Å². The van der Waals surface area contributed by atoms with Gasteiger partial charge in [0.05, 0.1) is 7.11 Å². The number of aliphatic hydroxyl groups excluding tert-OH is 1. The first-order chi connectivity index (χ1) is 7.13. The highest BCUT2D eigenvalue weighted by Gasteiger charge is 2.16. The van der Waals surface area contributed by atoms with E-state index in [1.54, 1.807) is 0 Å². The van der Waals surface area contributed by atoms with Crippen molar-refractivity contribution in [1.29, 1.82) is 0 Å². The van der Waals surface area contributed by atoms with Crippen LogP contribution in [0.3, 0.4) is 0 Å². The largest absolute Gasteiger partial charge is 0.481 e. The summed E-state index contributed by atoms with van der Waals surface area (Å²) in [4.78, 5) is 7.50. The number of anilines is 1. The Hall–Kier alpha value is -1.50. The van der Waals surface area contributed by atoms with Crippen LogP contribution in [0.15, 0.2) is 12.4 Å². The van der Waals surface area contributed by atoms with Crippen molar-refractivity contribution in [2.45, 2.75) is 12.5 Å². The lowest BCUT2D eigenvalue weighted by molar-refractivity contribution is 0.00380. The van der Waals surface area contributed by atoms with Gasteiger partial charge in [0.15, 0.2) is 0 Å². The average Bonchev–Trinajstić information content (AvgIpc) is 2.26. The van der Waals surface area contributed by atoms with Crippen molar-refractivity contribution in [1.82, 2.24) is 9.97 Å². The molecule has 1 rings (SSSR count). The topological polar surface area (TPSA) is 67.3 Å². The molecule has 0 saturated heterocycles. The molecule has 2 N–H and O–H groups in total. The molecule has 0 fully saturated rings. The third-order valence-corrected chi connectivity index (χ3v) is 1.63. The standard InChI is InChI=1S/C8H11F2N3O2/c1-15-7-2-6(12-4-13-7)11-3-5(14)8(9)10/h2,4-5,8,14H,3H2,1H3,(H,11,12,13). The first-order valence-electron chi connectivity index (χ1n) is 4.19. The molecule has 0 bridgehead atoms. The molecule has 0 aromatic carbocycles. The maximum absolute atomic E-state index is 11.9. The van der Waals surface area contributed by atoms with Crippen molar-refractivity contribution in [3.63, 3.8) is 0 Å². The third-order valence-electron chi connectivity index (χ3n) is 1.63. The van der Waals surface area contributed by atoms with Crippen molar-refractivity contribution < 1.29 is 18.6 Å². The molecule has 84 valence electrons. The van der Waals surface area contributed by atoms with Crippen LogP contribution in [-0.4, -0.2) is 41.3 Å². The van der Waals surface area contributed by atoms with Crippen molar-refractivity contribution in [2.24, 2.45) is 0 Å². The minimum Gasteiger partial charge on any atom is -0.481 e. The second kappa shape index (κ2) is 5.40. The summed E-state index contributed by atoms with van der Waals surface area (Å²) in [6.45, 7) is -0.280. The van der Waals surface area contributed by atoms with Crippen molar-refractivity contribution in [2.75, 3.05) is 19.0 Å². The summed E-state index contributed by atoms with van der Waals surface area (Å²) in [6, 6.07) is 1.44. The van der Waals surface area contributed by atoms with Crippen LogP contribution in [0.25, 0.3) is 0 Å². The predicted octanol–water partition coefficient (Wildman–Crippen LogP) is 0.523. The molecule has 1 heterocycles. The van der Waals surface area contributed by atoms with Crippen LogP contribution in [0.2, 0.25) is 0 Å². The average molecular weight is 219 g/mol. The molecule has 0 aliphatic rings. The zero-order chi connectivity index (χ0) is 11.3. The van der Waals surface area contributed by atoms with Gasteiger partial charge in [0.25, 0.3) is 6.43 Å². The molecule has 15 heavy (non-hydrogen) atoms. The summed E-state index contributed by atoms with van der Waals surface area (Å²) < 4.78 is 28.7. The van der Waals surface area contributed by atoms with Crippen LogP contribution in [0, 0.1) is 0 Å². The smallest absolute Gasteiger partial charge is 0.265 e. The molecule has 0 spiro atoms. The molecule has 1 atom stereocenters. The third kappa shape index (κ3) is 3.62. The van der Waals surface area contributed by atoms with Gasteiger partial charge < -0.3 is 15.2 Å². The van der Waals surface area contributed by atoms with Gasteiger partial charge in [-0.3, -0.25) is 0 Å². The number of nitrogens with zero attached hydrogens (tertiary/aromatic N) is 2. The van der Waals surface area contributed by atoms with E-state index >= 15 is 0 Å². The molecule has 0 saturated carbocycles. The van der Waals surface area contributed by atoms with Crippen molar-refractivity contribution in [3.05, 3.63) is 12.4 Å². The number of hydrogen-bond acceptors (Lipinski definition) is 5.